The Morgan fingerprint density at radius 2 is 2.35 bits per heavy atom. The fourth-order valence-electron chi connectivity index (χ4n) is 1.98. The molecule has 1 aliphatic heterocycles. The van der Waals surface area contributed by atoms with Gasteiger partial charge >= 0.3 is 0 Å². The van der Waals surface area contributed by atoms with E-state index in [-0.39, 0.29) is 5.91 Å². The molecule has 5 heteroatoms. The van der Waals surface area contributed by atoms with Gasteiger partial charge in [0.2, 0.25) is 5.91 Å². The molecular formula is C12H20N4O. The quantitative estimate of drug-likeness (QED) is 0.822. The molecule has 2 rings (SSSR count). The molecule has 94 valence electrons. The van der Waals surface area contributed by atoms with Gasteiger partial charge in [0.05, 0.1) is 11.4 Å². The fraction of sp³-hybridized carbons (Fsp3) is 0.667. The van der Waals surface area contributed by atoms with E-state index < -0.39 is 0 Å². The zero-order valence-corrected chi connectivity index (χ0v) is 10.7. The minimum atomic E-state index is 0.0893. The van der Waals surface area contributed by atoms with Crippen LogP contribution in [-0.4, -0.2) is 28.8 Å². The average molecular weight is 236 g/mol. The maximum atomic E-state index is 11.8. The number of nitrogens with one attached hydrogen (secondary N) is 2. The van der Waals surface area contributed by atoms with Gasteiger partial charge in [0.1, 0.15) is 0 Å². The number of aryl methyl sites for hydroxylation is 1. The van der Waals surface area contributed by atoms with Crippen LogP contribution in [0.1, 0.15) is 31.9 Å². The molecule has 1 aromatic heterocycles. The van der Waals surface area contributed by atoms with Crippen molar-refractivity contribution in [2.45, 2.75) is 26.2 Å². The molecule has 0 aromatic carbocycles. The lowest BCUT2D eigenvalue weighted by atomic mass is 9.99. The highest BCUT2D eigenvalue weighted by Gasteiger charge is 2.21. The number of amides is 1. The second-order valence-corrected chi connectivity index (χ2v) is 5.03. The Balaban J connectivity index is 1.99. The van der Waals surface area contributed by atoms with Crippen molar-refractivity contribution in [3.05, 3.63) is 11.9 Å². The van der Waals surface area contributed by atoms with Crippen molar-refractivity contribution in [3.63, 3.8) is 0 Å². The molecule has 1 amide bonds. The molecule has 0 radical (unpaired) electrons. The van der Waals surface area contributed by atoms with Crippen molar-refractivity contribution in [2.24, 2.45) is 13.0 Å². The first kappa shape index (κ1) is 12.1. The van der Waals surface area contributed by atoms with Crippen LogP contribution in [-0.2, 0) is 11.8 Å². The summed E-state index contributed by atoms with van der Waals surface area (Å²) >= 11 is 0. The Labute approximate surface area is 102 Å². The first-order chi connectivity index (χ1) is 8.06. The molecule has 0 aliphatic carbocycles. The number of carbonyl (C=O) groups excluding carboxylic acids is 1. The summed E-state index contributed by atoms with van der Waals surface area (Å²) in [5.41, 5.74) is 1.80. The number of hydrogen-bond acceptors (Lipinski definition) is 3. The smallest absolute Gasteiger partial charge is 0.224 e. The van der Waals surface area contributed by atoms with Crippen LogP contribution in [0.15, 0.2) is 6.20 Å². The monoisotopic (exact) mass is 236 g/mol. The average Bonchev–Trinajstić information content (AvgIpc) is 2.53. The van der Waals surface area contributed by atoms with Gasteiger partial charge in [0.15, 0.2) is 0 Å². The van der Waals surface area contributed by atoms with Crippen LogP contribution in [0.4, 0.5) is 5.69 Å². The molecule has 2 heterocycles. The molecule has 1 saturated heterocycles. The maximum Gasteiger partial charge on any atom is 0.224 e. The highest BCUT2D eigenvalue weighted by Crippen LogP contribution is 2.22. The fourth-order valence-corrected chi connectivity index (χ4v) is 1.98. The predicted molar refractivity (Wildman–Crippen MR) is 66.9 cm³/mol. The van der Waals surface area contributed by atoms with E-state index in [1.54, 1.807) is 4.68 Å². The maximum absolute atomic E-state index is 11.8. The van der Waals surface area contributed by atoms with Crippen molar-refractivity contribution < 1.29 is 4.79 Å². The molecule has 5 nitrogen and oxygen atoms in total. The first-order valence-corrected chi connectivity index (χ1v) is 6.10. The SMILES string of the molecule is CC(C)c1nn(C)cc1NC(=O)CC1CNC1. The molecule has 0 saturated carbocycles. The highest BCUT2D eigenvalue weighted by atomic mass is 16.1. The lowest BCUT2D eigenvalue weighted by Crippen LogP contribution is -2.43. The lowest BCUT2D eigenvalue weighted by Gasteiger charge is -2.26. The molecular weight excluding hydrogens is 216 g/mol. The van der Waals surface area contributed by atoms with Gasteiger partial charge in [-0.15, -0.1) is 0 Å². The van der Waals surface area contributed by atoms with Gasteiger partial charge in [-0.05, 0) is 24.9 Å². The molecule has 0 unspecified atom stereocenters. The van der Waals surface area contributed by atoms with Gasteiger partial charge in [-0.3, -0.25) is 9.48 Å². The van der Waals surface area contributed by atoms with Crippen molar-refractivity contribution in [1.29, 1.82) is 0 Å². The molecule has 17 heavy (non-hydrogen) atoms. The standard InChI is InChI=1S/C12H20N4O/c1-8(2)12-10(7-16(3)15-12)14-11(17)4-9-5-13-6-9/h7-9,13H,4-6H2,1-3H3,(H,14,17). The van der Waals surface area contributed by atoms with Crippen LogP contribution in [0.2, 0.25) is 0 Å². The van der Waals surface area contributed by atoms with Crippen LogP contribution >= 0.6 is 0 Å². The van der Waals surface area contributed by atoms with Gasteiger partial charge < -0.3 is 10.6 Å². The normalized spacial score (nSPS) is 16.0. The minimum absolute atomic E-state index is 0.0893. The van der Waals surface area contributed by atoms with E-state index in [1.165, 1.54) is 0 Å². The summed E-state index contributed by atoms with van der Waals surface area (Å²) in [5.74, 6) is 0.900. The molecule has 1 aliphatic rings. The molecule has 1 fully saturated rings. The summed E-state index contributed by atoms with van der Waals surface area (Å²) in [6.45, 7) is 6.07. The zero-order chi connectivity index (χ0) is 12.4. The van der Waals surface area contributed by atoms with E-state index in [4.69, 9.17) is 0 Å². The summed E-state index contributed by atoms with van der Waals surface area (Å²) in [5, 5.41) is 10.5. The van der Waals surface area contributed by atoms with Crippen LogP contribution in [0.3, 0.4) is 0 Å². The van der Waals surface area contributed by atoms with Gasteiger partial charge in [-0.1, -0.05) is 13.8 Å². The highest BCUT2D eigenvalue weighted by molar-refractivity contribution is 5.91. The number of rotatable bonds is 4. The number of anilines is 1. The Morgan fingerprint density at radius 3 is 2.88 bits per heavy atom. The number of nitrogens with zero attached hydrogens (tertiary/aromatic N) is 2. The number of carbonyl (C=O) groups is 1. The van der Waals surface area contributed by atoms with Crippen LogP contribution in [0.5, 0.6) is 0 Å². The van der Waals surface area contributed by atoms with Crippen molar-refractivity contribution in [1.82, 2.24) is 15.1 Å². The van der Waals surface area contributed by atoms with Gasteiger partial charge in [-0.25, -0.2) is 0 Å². The van der Waals surface area contributed by atoms with Gasteiger partial charge in [0.25, 0.3) is 0 Å². The summed E-state index contributed by atoms with van der Waals surface area (Å²) in [4.78, 5) is 11.8. The Morgan fingerprint density at radius 1 is 1.65 bits per heavy atom. The second kappa shape index (κ2) is 4.87. The van der Waals surface area contributed by atoms with E-state index in [2.05, 4.69) is 29.6 Å². The lowest BCUT2D eigenvalue weighted by molar-refractivity contribution is -0.117. The number of aromatic nitrogens is 2. The molecule has 1 aromatic rings. The van der Waals surface area contributed by atoms with E-state index in [0.29, 0.717) is 18.3 Å². The molecule has 2 N–H and O–H groups in total. The van der Waals surface area contributed by atoms with Crippen LogP contribution in [0, 0.1) is 5.92 Å². The molecule has 0 bridgehead atoms. The summed E-state index contributed by atoms with van der Waals surface area (Å²) in [6.07, 6.45) is 2.46. The summed E-state index contributed by atoms with van der Waals surface area (Å²) in [7, 11) is 1.87. The zero-order valence-electron chi connectivity index (χ0n) is 10.7. The third kappa shape index (κ3) is 2.85. The summed E-state index contributed by atoms with van der Waals surface area (Å²) < 4.78 is 1.75. The van der Waals surface area contributed by atoms with Crippen LogP contribution in [0.25, 0.3) is 0 Å². The molecule has 0 atom stereocenters. The van der Waals surface area contributed by atoms with E-state index in [9.17, 15) is 4.79 Å². The molecule has 0 spiro atoms. The van der Waals surface area contributed by atoms with Crippen molar-refractivity contribution in [2.75, 3.05) is 18.4 Å². The van der Waals surface area contributed by atoms with E-state index in [0.717, 1.165) is 24.5 Å². The summed E-state index contributed by atoms with van der Waals surface area (Å²) in [6, 6.07) is 0. The third-order valence-electron chi connectivity index (χ3n) is 3.02. The largest absolute Gasteiger partial charge is 0.323 e. The Kier molecular flexibility index (Phi) is 3.47. The van der Waals surface area contributed by atoms with E-state index in [1.807, 2.05) is 13.2 Å². The van der Waals surface area contributed by atoms with Crippen LogP contribution < -0.4 is 10.6 Å². The van der Waals surface area contributed by atoms with E-state index >= 15 is 0 Å². The van der Waals surface area contributed by atoms with Gasteiger partial charge in [-0.2, -0.15) is 5.10 Å². The first-order valence-electron chi connectivity index (χ1n) is 6.10. The van der Waals surface area contributed by atoms with Crippen molar-refractivity contribution >= 4 is 11.6 Å². The van der Waals surface area contributed by atoms with Gasteiger partial charge in [0, 0.05) is 19.7 Å². The Hall–Kier alpha value is -1.36. The second-order valence-electron chi connectivity index (χ2n) is 5.03. The Bertz CT molecular complexity index is 407. The minimum Gasteiger partial charge on any atom is -0.323 e. The third-order valence-corrected chi connectivity index (χ3v) is 3.02. The predicted octanol–water partition coefficient (Wildman–Crippen LogP) is 1.09. The topological polar surface area (TPSA) is 59.0 Å². The van der Waals surface area contributed by atoms with Crippen molar-refractivity contribution in [3.8, 4) is 0 Å². The number of hydrogen-bond donors (Lipinski definition) is 2.